The summed E-state index contributed by atoms with van der Waals surface area (Å²) in [6.45, 7) is 5.05. The predicted molar refractivity (Wildman–Crippen MR) is 157 cm³/mol. The lowest BCUT2D eigenvalue weighted by molar-refractivity contribution is -0.141. The van der Waals surface area contributed by atoms with Crippen LogP contribution in [0.5, 0.6) is 0 Å². The van der Waals surface area contributed by atoms with Gasteiger partial charge in [-0.1, -0.05) is 86.6 Å². The largest absolute Gasteiger partial charge is 0.354 e. The highest BCUT2D eigenvalue weighted by atomic mass is 32.2. The number of carbonyl (C=O) groups excluding carboxylic acids is 2. The number of nitrogens with zero attached hydrogens (tertiary/aromatic N) is 1. The fraction of sp³-hybridized carbons (Fsp3) is 0.375. The first-order valence-corrected chi connectivity index (χ1v) is 15.5. The monoisotopic (exact) mass is 561 g/mol. The topological polar surface area (TPSA) is 95.6 Å². The van der Waals surface area contributed by atoms with E-state index in [9.17, 15) is 18.0 Å². The number of rotatable bonds is 14. The Balaban J connectivity index is 1.53. The van der Waals surface area contributed by atoms with E-state index in [1.165, 1.54) is 0 Å². The first-order chi connectivity index (χ1) is 19.2. The van der Waals surface area contributed by atoms with Crippen molar-refractivity contribution < 1.29 is 18.0 Å². The number of hydrogen-bond donors (Lipinski definition) is 2. The maximum absolute atomic E-state index is 13.8. The van der Waals surface area contributed by atoms with Crippen molar-refractivity contribution in [3.8, 4) is 0 Å². The fourth-order valence-corrected chi connectivity index (χ4v) is 5.82. The van der Waals surface area contributed by atoms with Crippen molar-refractivity contribution in [1.82, 2.24) is 14.9 Å². The first kappa shape index (κ1) is 29.5. The molecule has 2 N–H and O–H groups in total. The van der Waals surface area contributed by atoms with Gasteiger partial charge >= 0.3 is 0 Å². The van der Waals surface area contributed by atoms with Crippen LogP contribution >= 0.6 is 0 Å². The van der Waals surface area contributed by atoms with Gasteiger partial charge in [-0.2, -0.15) is 0 Å². The number of aryl methyl sites for hydroxylation is 1. The minimum absolute atomic E-state index is 0.0398. The number of nitrogens with one attached hydrogen (secondary N) is 2. The standard InChI is InChI=1S/C32H39N3O4S/c1-24(2)21-22-33-32(37)31(27-11-7-4-8-12-27)35(23-26-9-5-3-6-10-26)30(36)20-15-25-13-18-29(19-14-25)40(38,39)34-28-16-17-28/h3-14,18-19,24,28,31,34H,15-17,20-23H2,1-2H3,(H,33,37)/t31-/m0/s1. The summed E-state index contributed by atoms with van der Waals surface area (Å²) in [6, 6.07) is 25.0. The van der Waals surface area contributed by atoms with Crippen LogP contribution in [-0.4, -0.2) is 37.7 Å². The van der Waals surface area contributed by atoms with Gasteiger partial charge in [0.1, 0.15) is 6.04 Å². The van der Waals surface area contributed by atoms with Gasteiger partial charge in [-0.15, -0.1) is 0 Å². The smallest absolute Gasteiger partial charge is 0.247 e. The lowest BCUT2D eigenvalue weighted by Crippen LogP contribution is -2.43. The highest BCUT2D eigenvalue weighted by Gasteiger charge is 2.31. The molecule has 0 spiro atoms. The summed E-state index contributed by atoms with van der Waals surface area (Å²) in [5.74, 6) is 0.0982. The Kier molecular flexibility index (Phi) is 10.1. The molecule has 0 bridgehead atoms. The van der Waals surface area contributed by atoms with E-state index in [1.807, 2.05) is 60.7 Å². The third-order valence-electron chi connectivity index (χ3n) is 6.97. The van der Waals surface area contributed by atoms with Crippen LogP contribution in [0.1, 0.15) is 62.3 Å². The second-order valence-corrected chi connectivity index (χ2v) is 12.5. The molecular weight excluding hydrogens is 522 g/mol. The van der Waals surface area contributed by atoms with Crippen molar-refractivity contribution >= 4 is 21.8 Å². The van der Waals surface area contributed by atoms with E-state index < -0.39 is 16.1 Å². The average molecular weight is 562 g/mol. The van der Waals surface area contributed by atoms with Gasteiger partial charge < -0.3 is 10.2 Å². The predicted octanol–water partition coefficient (Wildman–Crippen LogP) is 4.99. The molecular formula is C32H39N3O4S. The number of amides is 2. The molecule has 212 valence electrons. The van der Waals surface area contributed by atoms with Crippen molar-refractivity contribution in [1.29, 1.82) is 0 Å². The third kappa shape index (κ3) is 8.50. The second kappa shape index (κ2) is 13.7. The highest BCUT2D eigenvalue weighted by Crippen LogP contribution is 2.26. The quantitative estimate of drug-likeness (QED) is 0.290. The molecule has 1 aliphatic carbocycles. The summed E-state index contributed by atoms with van der Waals surface area (Å²) in [4.78, 5) is 29.3. The Hall–Kier alpha value is -3.49. The van der Waals surface area contributed by atoms with Crippen LogP contribution in [0.4, 0.5) is 0 Å². The summed E-state index contributed by atoms with van der Waals surface area (Å²) >= 11 is 0. The van der Waals surface area contributed by atoms with Crippen molar-refractivity contribution in [2.45, 2.75) is 69.5 Å². The van der Waals surface area contributed by atoms with Crippen molar-refractivity contribution in [2.75, 3.05) is 6.54 Å². The molecule has 0 aromatic heterocycles. The summed E-state index contributed by atoms with van der Waals surface area (Å²) in [5, 5.41) is 3.05. The number of sulfonamides is 1. The maximum Gasteiger partial charge on any atom is 0.247 e. The number of benzene rings is 3. The minimum atomic E-state index is -3.53. The molecule has 1 saturated carbocycles. The van der Waals surface area contributed by atoms with Gasteiger partial charge in [-0.3, -0.25) is 9.59 Å². The summed E-state index contributed by atoms with van der Waals surface area (Å²) < 4.78 is 27.7. The van der Waals surface area contributed by atoms with Crippen LogP contribution in [0.15, 0.2) is 89.8 Å². The zero-order valence-electron chi connectivity index (χ0n) is 23.3. The Morgan fingerprint density at radius 2 is 1.50 bits per heavy atom. The molecule has 1 aliphatic rings. The average Bonchev–Trinajstić information content (AvgIpc) is 3.76. The van der Waals surface area contributed by atoms with Crippen molar-refractivity contribution in [3.05, 3.63) is 102 Å². The van der Waals surface area contributed by atoms with E-state index in [0.29, 0.717) is 25.4 Å². The summed E-state index contributed by atoms with van der Waals surface area (Å²) in [7, 11) is -3.53. The summed E-state index contributed by atoms with van der Waals surface area (Å²) in [5.41, 5.74) is 2.55. The number of carbonyl (C=O) groups is 2. The van der Waals surface area contributed by atoms with E-state index >= 15 is 0 Å². The van der Waals surface area contributed by atoms with Gasteiger partial charge in [-0.25, -0.2) is 13.1 Å². The van der Waals surface area contributed by atoms with Gasteiger partial charge in [0.05, 0.1) is 4.90 Å². The lowest BCUT2D eigenvalue weighted by atomic mass is 10.0. The fourth-order valence-electron chi connectivity index (χ4n) is 4.51. The molecule has 2 amide bonds. The Morgan fingerprint density at radius 3 is 2.10 bits per heavy atom. The molecule has 1 fully saturated rings. The van der Waals surface area contributed by atoms with Crippen LogP contribution in [0.25, 0.3) is 0 Å². The molecule has 0 aliphatic heterocycles. The molecule has 3 aromatic rings. The first-order valence-electron chi connectivity index (χ1n) is 14.0. The normalized spacial score (nSPS) is 14.1. The van der Waals surface area contributed by atoms with Crippen LogP contribution in [0, 0.1) is 5.92 Å². The van der Waals surface area contributed by atoms with E-state index in [4.69, 9.17) is 0 Å². The Bertz CT molecular complexity index is 1360. The molecule has 8 heteroatoms. The molecule has 4 rings (SSSR count). The summed E-state index contributed by atoms with van der Waals surface area (Å²) in [6.07, 6.45) is 3.21. The maximum atomic E-state index is 13.8. The van der Waals surface area contributed by atoms with Crippen LogP contribution in [-0.2, 0) is 32.6 Å². The second-order valence-electron chi connectivity index (χ2n) is 10.8. The Labute approximate surface area is 238 Å². The molecule has 0 radical (unpaired) electrons. The third-order valence-corrected chi connectivity index (χ3v) is 8.51. The van der Waals surface area contributed by atoms with Crippen LogP contribution in [0.3, 0.4) is 0 Å². The van der Waals surface area contributed by atoms with Gasteiger partial charge in [0.15, 0.2) is 0 Å². The molecule has 0 saturated heterocycles. The van der Waals surface area contributed by atoms with E-state index in [0.717, 1.165) is 36.0 Å². The molecule has 3 aromatic carbocycles. The van der Waals surface area contributed by atoms with E-state index in [1.54, 1.807) is 29.2 Å². The molecule has 0 heterocycles. The zero-order chi connectivity index (χ0) is 28.5. The molecule has 0 unspecified atom stereocenters. The molecule has 7 nitrogen and oxygen atoms in total. The molecule has 40 heavy (non-hydrogen) atoms. The van der Waals surface area contributed by atoms with Crippen LogP contribution < -0.4 is 10.0 Å². The van der Waals surface area contributed by atoms with E-state index in [2.05, 4.69) is 23.9 Å². The van der Waals surface area contributed by atoms with Gasteiger partial charge in [0, 0.05) is 25.6 Å². The molecule has 1 atom stereocenters. The van der Waals surface area contributed by atoms with Gasteiger partial charge in [0.2, 0.25) is 21.8 Å². The SMILES string of the molecule is CC(C)CCNC(=O)[C@H](c1ccccc1)N(Cc1ccccc1)C(=O)CCc1ccc(S(=O)(=O)NC2CC2)cc1. The van der Waals surface area contributed by atoms with Gasteiger partial charge in [0.25, 0.3) is 0 Å². The van der Waals surface area contributed by atoms with Crippen molar-refractivity contribution in [2.24, 2.45) is 5.92 Å². The highest BCUT2D eigenvalue weighted by molar-refractivity contribution is 7.89. The zero-order valence-corrected chi connectivity index (χ0v) is 24.1. The minimum Gasteiger partial charge on any atom is -0.354 e. The lowest BCUT2D eigenvalue weighted by Gasteiger charge is -2.32. The van der Waals surface area contributed by atoms with Gasteiger partial charge in [-0.05, 0) is 60.4 Å². The Morgan fingerprint density at radius 1 is 0.875 bits per heavy atom. The van der Waals surface area contributed by atoms with Crippen LogP contribution in [0.2, 0.25) is 0 Å². The number of hydrogen-bond acceptors (Lipinski definition) is 4. The van der Waals surface area contributed by atoms with E-state index in [-0.39, 0.29) is 29.2 Å². The van der Waals surface area contributed by atoms with Crippen molar-refractivity contribution in [3.63, 3.8) is 0 Å².